The second kappa shape index (κ2) is 6.51. The molecule has 2 amide bonds. The first-order valence-electron chi connectivity index (χ1n) is 9.95. The summed E-state index contributed by atoms with van der Waals surface area (Å²) in [6.07, 6.45) is 3.67. The molecule has 1 aliphatic heterocycles. The first kappa shape index (κ1) is 18.3. The van der Waals surface area contributed by atoms with Crippen LogP contribution in [0.4, 0.5) is 5.69 Å². The lowest BCUT2D eigenvalue weighted by Crippen LogP contribution is -2.70. The molecule has 3 saturated carbocycles. The molecule has 27 heavy (non-hydrogen) atoms. The largest absolute Gasteiger partial charge is 0.362 e. The van der Waals surface area contributed by atoms with E-state index in [9.17, 15) is 9.59 Å². The zero-order chi connectivity index (χ0) is 19.2. The molecule has 1 aromatic rings. The smallest absolute Gasteiger partial charge is 0.255 e. The number of hydrogen-bond donors (Lipinski definition) is 3. The van der Waals surface area contributed by atoms with Crippen molar-refractivity contribution in [2.75, 3.05) is 32.5 Å². The molecule has 6 nitrogen and oxygen atoms in total. The average molecular weight is 370 g/mol. The van der Waals surface area contributed by atoms with Crippen LogP contribution in [0.1, 0.15) is 43.0 Å². The number of likely N-dealkylation sites (N-methyl/N-ethyl adjacent to an activating group) is 1. The monoisotopic (exact) mass is 370 g/mol. The Hall–Kier alpha value is -2.08. The predicted octanol–water partition coefficient (Wildman–Crippen LogP) is 2.04. The number of para-hydroxylation sites is 1. The molecule has 0 unspecified atom stereocenters. The Kier molecular flexibility index (Phi) is 4.41. The van der Waals surface area contributed by atoms with Gasteiger partial charge in [-0.2, -0.15) is 0 Å². The Bertz CT molecular complexity index is 764. The summed E-state index contributed by atoms with van der Waals surface area (Å²) in [7, 11) is 4.02. The molecular weight excluding hydrogens is 340 g/mol. The minimum absolute atomic E-state index is 0.00696. The minimum Gasteiger partial charge on any atom is -0.362 e. The van der Waals surface area contributed by atoms with Crippen LogP contribution >= 0.6 is 0 Å². The van der Waals surface area contributed by atoms with Crippen LogP contribution in [-0.4, -0.2) is 49.6 Å². The van der Waals surface area contributed by atoms with Gasteiger partial charge in [0.1, 0.15) is 5.66 Å². The SMILES string of the molecule is CN(C)CCNC(=O)[C@H]1C[C@@H]2CC[C@@]1(C)C[C@]21NC(=O)c2ccccc2N1. The molecule has 3 fully saturated rings. The highest BCUT2D eigenvalue weighted by atomic mass is 16.2. The Morgan fingerprint density at radius 2 is 2.07 bits per heavy atom. The molecule has 1 heterocycles. The van der Waals surface area contributed by atoms with Gasteiger partial charge in [0.15, 0.2) is 0 Å². The van der Waals surface area contributed by atoms with Crippen molar-refractivity contribution in [1.82, 2.24) is 15.5 Å². The van der Waals surface area contributed by atoms with Gasteiger partial charge in [-0.25, -0.2) is 0 Å². The number of nitrogens with one attached hydrogen (secondary N) is 3. The molecule has 3 N–H and O–H groups in total. The maximum absolute atomic E-state index is 12.9. The average Bonchev–Trinajstić information content (AvgIpc) is 2.60. The number of nitrogens with zero attached hydrogens (tertiary/aromatic N) is 1. The third-order valence-corrected chi connectivity index (χ3v) is 6.85. The summed E-state index contributed by atoms with van der Waals surface area (Å²) in [6, 6.07) is 7.68. The molecule has 0 aromatic heterocycles. The summed E-state index contributed by atoms with van der Waals surface area (Å²) in [4.78, 5) is 27.7. The summed E-state index contributed by atoms with van der Waals surface area (Å²) in [5.74, 6) is 0.440. The van der Waals surface area contributed by atoms with Gasteiger partial charge in [-0.05, 0) is 57.3 Å². The van der Waals surface area contributed by atoms with Crippen molar-refractivity contribution < 1.29 is 9.59 Å². The molecular formula is C21H30N4O2. The topological polar surface area (TPSA) is 73.5 Å². The zero-order valence-corrected chi connectivity index (χ0v) is 16.5. The zero-order valence-electron chi connectivity index (χ0n) is 16.5. The first-order chi connectivity index (χ1) is 12.8. The number of rotatable bonds is 4. The number of fused-ring (bicyclic) bond motifs is 3. The molecule has 3 aliphatic carbocycles. The lowest BCUT2D eigenvalue weighted by Gasteiger charge is -2.60. The number of carbonyl (C=O) groups excluding carboxylic acids is 2. The van der Waals surface area contributed by atoms with Gasteiger partial charge in [-0.15, -0.1) is 0 Å². The fourth-order valence-corrected chi connectivity index (χ4v) is 5.38. The highest BCUT2D eigenvalue weighted by molar-refractivity contribution is 6.02. The standard InChI is InChI=1S/C21H30N4O2/c1-20-9-8-14(12-16(20)19(27)22-10-11-25(2)3)21(13-20)23-17-7-5-4-6-15(17)18(26)24-21/h4-7,14,16,23H,8-13H2,1-3H3,(H,22,27)(H,24,26)/t14-,16+,20-,21-/m0/s1. The van der Waals surface area contributed by atoms with Crippen LogP contribution in [0.25, 0.3) is 0 Å². The third-order valence-electron chi connectivity index (χ3n) is 6.85. The van der Waals surface area contributed by atoms with Gasteiger partial charge in [0.2, 0.25) is 5.91 Å². The number of anilines is 1. The fourth-order valence-electron chi connectivity index (χ4n) is 5.38. The highest BCUT2D eigenvalue weighted by Crippen LogP contribution is 2.58. The van der Waals surface area contributed by atoms with Gasteiger partial charge in [0.25, 0.3) is 5.91 Å². The van der Waals surface area contributed by atoms with Crippen molar-refractivity contribution >= 4 is 17.5 Å². The van der Waals surface area contributed by atoms with E-state index in [0.29, 0.717) is 12.1 Å². The molecule has 5 rings (SSSR count). The van der Waals surface area contributed by atoms with Crippen LogP contribution in [0.15, 0.2) is 24.3 Å². The van der Waals surface area contributed by atoms with Crippen LogP contribution in [0.2, 0.25) is 0 Å². The van der Waals surface area contributed by atoms with Crippen LogP contribution in [0.3, 0.4) is 0 Å². The predicted molar refractivity (Wildman–Crippen MR) is 105 cm³/mol. The first-order valence-corrected chi connectivity index (χ1v) is 9.95. The number of amides is 2. The summed E-state index contributed by atoms with van der Waals surface area (Å²) >= 11 is 0. The van der Waals surface area contributed by atoms with Gasteiger partial charge in [0.05, 0.1) is 5.56 Å². The Morgan fingerprint density at radius 3 is 2.81 bits per heavy atom. The van der Waals surface area contributed by atoms with Crippen LogP contribution in [0, 0.1) is 17.3 Å². The quantitative estimate of drug-likeness (QED) is 0.758. The van der Waals surface area contributed by atoms with Gasteiger partial charge < -0.3 is 20.9 Å². The van der Waals surface area contributed by atoms with Crippen molar-refractivity contribution in [1.29, 1.82) is 0 Å². The summed E-state index contributed by atoms with van der Waals surface area (Å²) in [5.41, 5.74) is 1.07. The van der Waals surface area contributed by atoms with Crippen molar-refractivity contribution in [3.8, 4) is 0 Å². The summed E-state index contributed by atoms with van der Waals surface area (Å²) in [5, 5.41) is 10.0. The van der Waals surface area contributed by atoms with Gasteiger partial charge >= 0.3 is 0 Å². The molecule has 146 valence electrons. The second-order valence-electron chi connectivity index (χ2n) is 9.05. The van der Waals surface area contributed by atoms with E-state index in [0.717, 1.165) is 37.9 Å². The number of carbonyl (C=O) groups is 2. The second-order valence-corrected chi connectivity index (χ2v) is 9.05. The lowest BCUT2D eigenvalue weighted by molar-refractivity contribution is -0.139. The summed E-state index contributed by atoms with van der Waals surface area (Å²) < 4.78 is 0. The molecule has 2 bridgehead atoms. The minimum atomic E-state index is -0.432. The van der Waals surface area contributed by atoms with Crippen LogP contribution in [0.5, 0.6) is 0 Å². The van der Waals surface area contributed by atoms with Crippen molar-refractivity contribution in [2.24, 2.45) is 17.3 Å². The normalized spacial score (nSPS) is 34.1. The summed E-state index contributed by atoms with van der Waals surface area (Å²) in [6.45, 7) is 3.74. The van der Waals surface area contributed by atoms with Gasteiger partial charge in [0, 0.05) is 30.6 Å². The van der Waals surface area contributed by atoms with Gasteiger partial charge in [-0.1, -0.05) is 19.1 Å². The molecule has 6 heteroatoms. The Balaban J connectivity index is 1.53. The maximum atomic E-state index is 12.9. The van der Waals surface area contributed by atoms with E-state index in [1.807, 2.05) is 38.4 Å². The van der Waals surface area contributed by atoms with E-state index in [1.54, 1.807) is 0 Å². The molecule has 4 aliphatic rings. The molecule has 1 aromatic carbocycles. The van der Waals surface area contributed by atoms with Crippen LogP contribution in [-0.2, 0) is 4.79 Å². The highest BCUT2D eigenvalue weighted by Gasteiger charge is 2.60. The van der Waals surface area contributed by atoms with E-state index in [2.05, 4.69) is 27.8 Å². The lowest BCUT2D eigenvalue weighted by atomic mass is 9.51. The number of benzene rings is 1. The fraction of sp³-hybridized carbons (Fsp3) is 0.619. The molecule has 4 atom stereocenters. The van der Waals surface area contributed by atoms with E-state index >= 15 is 0 Å². The Morgan fingerprint density at radius 1 is 1.30 bits per heavy atom. The molecule has 0 saturated heterocycles. The van der Waals surface area contributed by atoms with E-state index < -0.39 is 5.66 Å². The maximum Gasteiger partial charge on any atom is 0.255 e. The van der Waals surface area contributed by atoms with E-state index in [4.69, 9.17) is 0 Å². The molecule has 1 spiro atoms. The van der Waals surface area contributed by atoms with Crippen molar-refractivity contribution in [3.05, 3.63) is 29.8 Å². The van der Waals surface area contributed by atoms with Crippen molar-refractivity contribution in [3.63, 3.8) is 0 Å². The van der Waals surface area contributed by atoms with Gasteiger partial charge in [-0.3, -0.25) is 9.59 Å². The molecule has 0 radical (unpaired) electrons. The third kappa shape index (κ3) is 3.10. The van der Waals surface area contributed by atoms with Crippen molar-refractivity contribution in [2.45, 2.75) is 38.3 Å². The van der Waals surface area contributed by atoms with E-state index in [-0.39, 0.29) is 29.1 Å². The van der Waals surface area contributed by atoms with E-state index in [1.165, 1.54) is 0 Å². The van der Waals surface area contributed by atoms with Crippen LogP contribution < -0.4 is 16.0 Å². The number of hydrogen-bond acceptors (Lipinski definition) is 4. The Labute approximate surface area is 161 Å².